The van der Waals surface area contributed by atoms with Gasteiger partial charge in [-0.05, 0) is 36.8 Å². The Kier molecular flexibility index (Phi) is 4.50. The highest BCUT2D eigenvalue weighted by Crippen LogP contribution is 2.12. The van der Waals surface area contributed by atoms with Crippen LogP contribution in [0.4, 0.5) is 5.69 Å². The minimum atomic E-state index is -1.12. The van der Waals surface area contributed by atoms with Crippen molar-refractivity contribution in [2.45, 2.75) is 6.92 Å². The summed E-state index contributed by atoms with van der Waals surface area (Å²) in [5.41, 5.74) is 1.38. The van der Waals surface area contributed by atoms with E-state index in [1.165, 1.54) is 18.3 Å². The topological polar surface area (TPSA) is 88.5 Å². The molecule has 0 spiro atoms. The Morgan fingerprint density at radius 2 is 2.10 bits per heavy atom. The van der Waals surface area contributed by atoms with Gasteiger partial charge in [-0.15, -0.1) is 0 Å². The number of rotatable bonds is 5. The van der Waals surface area contributed by atoms with Crippen LogP contribution in [0.15, 0.2) is 42.6 Å². The number of aromatic carboxylic acids is 1. The highest BCUT2D eigenvalue weighted by atomic mass is 16.5. The third-order valence-electron chi connectivity index (χ3n) is 2.63. The zero-order chi connectivity index (χ0) is 15.2. The summed E-state index contributed by atoms with van der Waals surface area (Å²) < 4.78 is 5.36. The van der Waals surface area contributed by atoms with Gasteiger partial charge in [0.05, 0.1) is 11.9 Å². The molecule has 0 bridgehead atoms. The third kappa shape index (κ3) is 4.31. The van der Waals surface area contributed by atoms with Crippen molar-refractivity contribution in [1.82, 2.24) is 4.98 Å². The first kappa shape index (κ1) is 14.5. The number of carbonyl (C=O) groups is 2. The van der Waals surface area contributed by atoms with E-state index in [9.17, 15) is 9.59 Å². The summed E-state index contributed by atoms with van der Waals surface area (Å²) in [4.78, 5) is 26.1. The minimum Gasteiger partial charge on any atom is -0.484 e. The van der Waals surface area contributed by atoms with Crippen molar-refractivity contribution in [1.29, 1.82) is 0 Å². The maximum atomic E-state index is 11.7. The van der Waals surface area contributed by atoms with Crippen LogP contribution in [0.3, 0.4) is 0 Å². The molecule has 6 nitrogen and oxygen atoms in total. The number of amides is 1. The van der Waals surface area contributed by atoms with Crippen LogP contribution in [0.2, 0.25) is 0 Å². The molecule has 0 atom stereocenters. The van der Waals surface area contributed by atoms with Crippen LogP contribution in [0.5, 0.6) is 5.75 Å². The first-order valence-electron chi connectivity index (χ1n) is 6.23. The van der Waals surface area contributed by atoms with Gasteiger partial charge in [0.1, 0.15) is 11.4 Å². The Morgan fingerprint density at radius 3 is 2.71 bits per heavy atom. The fraction of sp³-hybridized carbons (Fsp3) is 0.133. The fourth-order valence-electron chi connectivity index (χ4n) is 1.65. The van der Waals surface area contributed by atoms with E-state index in [4.69, 9.17) is 9.84 Å². The van der Waals surface area contributed by atoms with Crippen LogP contribution in [-0.4, -0.2) is 28.6 Å². The number of ether oxygens (including phenoxy) is 1. The predicted molar refractivity (Wildman–Crippen MR) is 76.5 cm³/mol. The Bertz CT molecular complexity index is 653. The number of carbonyl (C=O) groups excluding carboxylic acids is 1. The van der Waals surface area contributed by atoms with E-state index in [2.05, 4.69) is 10.3 Å². The van der Waals surface area contributed by atoms with E-state index in [0.717, 1.165) is 5.56 Å². The molecule has 1 amide bonds. The molecule has 2 N–H and O–H groups in total. The molecule has 6 heteroatoms. The maximum absolute atomic E-state index is 11.7. The molecule has 0 aliphatic rings. The number of hydrogen-bond donors (Lipinski definition) is 2. The van der Waals surface area contributed by atoms with Crippen molar-refractivity contribution in [2.24, 2.45) is 0 Å². The predicted octanol–water partition coefficient (Wildman–Crippen LogP) is 2.11. The molecule has 0 radical (unpaired) electrons. The normalized spacial score (nSPS) is 9.95. The fourth-order valence-corrected chi connectivity index (χ4v) is 1.65. The van der Waals surface area contributed by atoms with E-state index >= 15 is 0 Å². The average molecular weight is 286 g/mol. The van der Waals surface area contributed by atoms with Crippen LogP contribution >= 0.6 is 0 Å². The summed E-state index contributed by atoms with van der Waals surface area (Å²) in [5, 5.41) is 11.3. The molecule has 0 aliphatic carbocycles. The SMILES string of the molecule is Cc1cccc(OCC(=O)Nc2ccc(C(=O)O)nc2)c1. The van der Waals surface area contributed by atoms with Crippen molar-refractivity contribution in [3.63, 3.8) is 0 Å². The van der Waals surface area contributed by atoms with Crippen molar-refractivity contribution in [2.75, 3.05) is 11.9 Å². The maximum Gasteiger partial charge on any atom is 0.354 e. The van der Waals surface area contributed by atoms with Gasteiger partial charge in [0, 0.05) is 0 Å². The van der Waals surface area contributed by atoms with Crippen molar-refractivity contribution in [3.05, 3.63) is 53.9 Å². The molecule has 0 saturated carbocycles. The minimum absolute atomic E-state index is 0.0796. The number of pyridine rings is 1. The number of nitrogens with one attached hydrogen (secondary N) is 1. The number of anilines is 1. The Hall–Kier alpha value is -2.89. The zero-order valence-electron chi connectivity index (χ0n) is 11.4. The van der Waals surface area contributed by atoms with Gasteiger partial charge in [0.15, 0.2) is 6.61 Å². The number of aryl methyl sites for hydroxylation is 1. The largest absolute Gasteiger partial charge is 0.484 e. The quantitative estimate of drug-likeness (QED) is 0.878. The van der Waals surface area contributed by atoms with Gasteiger partial charge in [0.2, 0.25) is 0 Å². The van der Waals surface area contributed by atoms with Gasteiger partial charge in [0.25, 0.3) is 5.91 Å². The molecule has 108 valence electrons. The van der Waals surface area contributed by atoms with Crippen molar-refractivity contribution >= 4 is 17.6 Å². The molecule has 1 aromatic heterocycles. The van der Waals surface area contributed by atoms with Gasteiger partial charge < -0.3 is 15.2 Å². The second-order valence-electron chi connectivity index (χ2n) is 4.39. The molecule has 2 aromatic rings. The highest BCUT2D eigenvalue weighted by molar-refractivity contribution is 5.92. The Balaban J connectivity index is 1.88. The molecule has 1 heterocycles. The number of benzene rings is 1. The Morgan fingerprint density at radius 1 is 1.29 bits per heavy atom. The lowest BCUT2D eigenvalue weighted by molar-refractivity contribution is -0.118. The van der Waals surface area contributed by atoms with Gasteiger partial charge >= 0.3 is 5.97 Å². The van der Waals surface area contributed by atoms with Crippen LogP contribution in [0.25, 0.3) is 0 Å². The number of aromatic nitrogens is 1. The summed E-state index contributed by atoms with van der Waals surface area (Å²) >= 11 is 0. The molecule has 2 rings (SSSR count). The molecule has 21 heavy (non-hydrogen) atoms. The molecule has 1 aromatic carbocycles. The molecule has 0 fully saturated rings. The summed E-state index contributed by atoms with van der Waals surface area (Å²) in [5.74, 6) is -0.846. The van der Waals surface area contributed by atoms with Gasteiger partial charge in [-0.1, -0.05) is 12.1 Å². The lowest BCUT2D eigenvalue weighted by atomic mass is 10.2. The average Bonchev–Trinajstić information content (AvgIpc) is 2.46. The summed E-state index contributed by atoms with van der Waals surface area (Å²) in [7, 11) is 0. The number of nitrogens with zero attached hydrogens (tertiary/aromatic N) is 1. The van der Waals surface area contributed by atoms with E-state index in [1.54, 1.807) is 6.07 Å². The van der Waals surface area contributed by atoms with E-state index in [1.807, 2.05) is 25.1 Å². The van der Waals surface area contributed by atoms with Gasteiger partial charge in [-0.3, -0.25) is 4.79 Å². The molecule has 0 unspecified atom stereocenters. The smallest absolute Gasteiger partial charge is 0.354 e. The zero-order valence-corrected chi connectivity index (χ0v) is 11.4. The molecular weight excluding hydrogens is 272 g/mol. The van der Waals surface area contributed by atoms with Crippen molar-refractivity contribution in [3.8, 4) is 5.75 Å². The van der Waals surface area contributed by atoms with E-state index < -0.39 is 5.97 Å². The second kappa shape index (κ2) is 6.51. The standard InChI is InChI=1S/C15H14N2O4/c1-10-3-2-4-12(7-10)21-9-14(18)17-11-5-6-13(15(19)20)16-8-11/h2-8H,9H2,1H3,(H,17,18)(H,19,20). The van der Waals surface area contributed by atoms with E-state index in [0.29, 0.717) is 11.4 Å². The van der Waals surface area contributed by atoms with Crippen LogP contribution in [0, 0.1) is 6.92 Å². The Labute approximate surface area is 121 Å². The first-order valence-corrected chi connectivity index (χ1v) is 6.23. The van der Waals surface area contributed by atoms with Gasteiger partial charge in [-0.25, -0.2) is 9.78 Å². The third-order valence-corrected chi connectivity index (χ3v) is 2.63. The monoisotopic (exact) mass is 286 g/mol. The second-order valence-corrected chi connectivity index (χ2v) is 4.39. The van der Waals surface area contributed by atoms with Gasteiger partial charge in [-0.2, -0.15) is 0 Å². The number of carboxylic acid groups (broad SMARTS) is 1. The summed E-state index contributed by atoms with van der Waals surface area (Å²) in [6, 6.07) is 10.2. The summed E-state index contributed by atoms with van der Waals surface area (Å²) in [6.07, 6.45) is 1.29. The van der Waals surface area contributed by atoms with E-state index in [-0.39, 0.29) is 18.2 Å². The molecule has 0 aliphatic heterocycles. The molecular formula is C15H14N2O4. The van der Waals surface area contributed by atoms with Crippen LogP contribution in [0.1, 0.15) is 16.1 Å². The van der Waals surface area contributed by atoms with Crippen molar-refractivity contribution < 1.29 is 19.4 Å². The molecule has 0 saturated heterocycles. The summed E-state index contributed by atoms with van der Waals surface area (Å²) in [6.45, 7) is 1.80. The number of hydrogen-bond acceptors (Lipinski definition) is 4. The first-order chi connectivity index (χ1) is 10.0. The van der Waals surface area contributed by atoms with Crippen LogP contribution in [-0.2, 0) is 4.79 Å². The van der Waals surface area contributed by atoms with Crippen LogP contribution < -0.4 is 10.1 Å². The highest BCUT2D eigenvalue weighted by Gasteiger charge is 2.07. The lowest BCUT2D eigenvalue weighted by Gasteiger charge is -2.08. The lowest BCUT2D eigenvalue weighted by Crippen LogP contribution is -2.20. The number of carboxylic acids is 1.